The molecule has 2 aromatic carbocycles. The largest absolute Gasteiger partial charge is 0.467 e. The molecule has 3 heterocycles. The molecule has 2 aromatic rings. The smallest absolute Gasteiger partial charge is 0.410 e. The number of rotatable bonds is 4. The van der Waals surface area contributed by atoms with E-state index in [1.807, 2.05) is 42.5 Å². The average Bonchev–Trinajstić information content (AvgIpc) is 3.35. The minimum absolute atomic E-state index is 0.0132. The molecule has 1 aliphatic carbocycles. The van der Waals surface area contributed by atoms with Crippen molar-refractivity contribution >= 4 is 29.6 Å². The number of nitrogens with zero attached hydrogens (tertiary/aromatic N) is 2. The molecule has 2 N–H and O–H groups in total. The molecule has 6 rings (SSSR count). The van der Waals surface area contributed by atoms with Gasteiger partial charge in [-0.2, -0.15) is 0 Å². The van der Waals surface area contributed by atoms with Crippen molar-refractivity contribution < 1.29 is 33.0 Å². The normalized spacial score (nSPS) is 28.1. The summed E-state index contributed by atoms with van der Waals surface area (Å²) in [5.41, 5.74) is 0.765. The van der Waals surface area contributed by atoms with Gasteiger partial charge in [0.1, 0.15) is 29.5 Å². The molecule has 1 saturated heterocycles. The first-order valence-corrected chi connectivity index (χ1v) is 15.7. The summed E-state index contributed by atoms with van der Waals surface area (Å²) in [6, 6.07) is 12.6. The molecule has 45 heavy (non-hydrogen) atoms. The highest BCUT2D eigenvalue weighted by Gasteiger charge is 2.62. The molecule has 0 spiro atoms. The minimum Gasteiger partial charge on any atom is -0.467 e. The third-order valence-electron chi connectivity index (χ3n) is 9.36. The van der Waals surface area contributed by atoms with Gasteiger partial charge in [-0.15, -0.1) is 0 Å². The van der Waals surface area contributed by atoms with Crippen LogP contribution < -0.4 is 10.6 Å². The van der Waals surface area contributed by atoms with Crippen molar-refractivity contribution in [2.24, 2.45) is 5.92 Å². The SMILES string of the molecule is COC(=O)[C@@]12C[C@H]1C=CCCCCC[C@H](Nc1ccccc1)C(=O)N1C[C@H](OC(=O)N3Cc4cccc(F)c4C3)C[C@H]1C(=O)N2. The third-order valence-corrected chi connectivity index (χ3v) is 9.36. The second-order valence-corrected chi connectivity index (χ2v) is 12.4. The van der Waals surface area contributed by atoms with Gasteiger partial charge in [0, 0.05) is 30.1 Å². The number of halogens is 1. The Balaban J connectivity index is 1.24. The zero-order valence-electron chi connectivity index (χ0n) is 25.4. The highest BCUT2D eigenvalue weighted by atomic mass is 19.1. The van der Waals surface area contributed by atoms with Gasteiger partial charge in [0.2, 0.25) is 11.8 Å². The maximum atomic E-state index is 14.3. The van der Waals surface area contributed by atoms with Gasteiger partial charge in [0.25, 0.3) is 0 Å². The van der Waals surface area contributed by atoms with Gasteiger partial charge in [0.05, 0.1) is 20.2 Å². The predicted octanol–water partition coefficient (Wildman–Crippen LogP) is 4.30. The van der Waals surface area contributed by atoms with E-state index in [2.05, 4.69) is 10.6 Å². The Morgan fingerprint density at radius 2 is 1.87 bits per heavy atom. The Morgan fingerprint density at radius 1 is 1.04 bits per heavy atom. The van der Waals surface area contributed by atoms with Crippen LogP contribution in [0.1, 0.15) is 56.1 Å². The number of benzene rings is 2. The minimum atomic E-state index is -1.20. The van der Waals surface area contributed by atoms with Gasteiger partial charge in [0.15, 0.2) is 0 Å². The zero-order chi connectivity index (χ0) is 31.6. The molecule has 0 radical (unpaired) electrons. The summed E-state index contributed by atoms with van der Waals surface area (Å²) in [6.07, 6.45) is 7.12. The van der Waals surface area contributed by atoms with Crippen LogP contribution in [0.3, 0.4) is 0 Å². The number of carbonyl (C=O) groups excluding carboxylic acids is 4. The lowest BCUT2D eigenvalue weighted by Crippen LogP contribution is -2.55. The Morgan fingerprint density at radius 3 is 2.64 bits per heavy atom. The summed E-state index contributed by atoms with van der Waals surface area (Å²) in [5.74, 6) is -1.88. The van der Waals surface area contributed by atoms with E-state index in [1.165, 1.54) is 23.0 Å². The topological polar surface area (TPSA) is 117 Å². The number of amides is 3. The lowest BCUT2D eigenvalue weighted by atomic mass is 10.0. The second kappa shape index (κ2) is 12.9. The molecule has 4 aliphatic rings. The molecule has 5 atom stereocenters. The van der Waals surface area contributed by atoms with Crippen LogP contribution in [0.2, 0.25) is 0 Å². The standard InChI is InChI=1S/C34H39FN4O6/c1-44-32(42)34-18-23(34)12-6-3-2-4-9-16-28(36-24-13-7-5-8-14-24)31(41)39-20-25(17-29(39)30(40)37-34)45-33(43)38-19-22-11-10-15-27(35)26(22)21-38/h5-8,10-15,23,25,28-29,36H,2-4,9,16-21H2,1H3,(H,37,40)/t23-,25-,28+,29+,34-/m1/s1. The Labute approximate surface area is 261 Å². The highest BCUT2D eigenvalue weighted by molar-refractivity contribution is 5.96. The van der Waals surface area contributed by atoms with Crippen LogP contribution in [-0.4, -0.2) is 71.1 Å². The summed E-state index contributed by atoms with van der Waals surface area (Å²) in [6.45, 7) is 0.309. The van der Waals surface area contributed by atoms with Gasteiger partial charge in [-0.3, -0.25) is 14.5 Å². The van der Waals surface area contributed by atoms with E-state index < -0.39 is 41.7 Å². The zero-order valence-corrected chi connectivity index (χ0v) is 25.4. The quantitative estimate of drug-likeness (QED) is 0.388. The van der Waals surface area contributed by atoms with Crippen molar-refractivity contribution in [2.75, 3.05) is 19.0 Å². The number of esters is 1. The van der Waals surface area contributed by atoms with E-state index in [0.29, 0.717) is 18.4 Å². The number of carbonyl (C=O) groups is 4. The summed E-state index contributed by atoms with van der Waals surface area (Å²) < 4.78 is 25.3. The fourth-order valence-corrected chi connectivity index (χ4v) is 6.78. The van der Waals surface area contributed by atoms with Crippen LogP contribution in [0.15, 0.2) is 60.7 Å². The van der Waals surface area contributed by atoms with Gasteiger partial charge >= 0.3 is 12.1 Å². The first-order chi connectivity index (χ1) is 21.8. The fourth-order valence-electron chi connectivity index (χ4n) is 6.78. The molecule has 0 bridgehead atoms. The van der Waals surface area contributed by atoms with E-state index in [4.69, 9.17) is 9.47 Å². The highest BCUT2D eigenvalue weighted by Crippen LogP contribution is 2.46. The number of nitrogens with one attached hydrogen (secondary N) is 2. The van der Waals surface area contributed by atoms with Crippen LogP contribution >= 0.6 is 0 Å². The van der Waals surface area contributed by atoms with Crippen molar-refractivity contribution in [3.63, 3.8) is 0 Å². The van der Waals surface area contributed by atoms with Gasteiger partial charge in [-0.25, -0.2) is 14.0 Å². The van der Waals surface area contributed by atoms with Crippen LogP contribution in [0.5, 0.6) is 0 Å². The fraction of sp³-hybridized carbons (Fsp3) is 0.471. The van der Waals surface area contributed by atoms with E-state index in [0.717, 1.165) is 36.9 Å². The number of ether oxygens (including phenoxy) is 2. The summed E-state index contributed by atoms with van der Waals surface area (Å²) >= 11 is 0. The van der Waals surface area contributed by atoms with E-state index in [1.54, 1.807) is 12.1 Å². The molecular weight excluding hydrogens is 579 g/mol. The maximum absolute atomic E-state index is 14.3. The monoisotopic (exact) mass is 618 g/mol. The molecule has 3 aliphatic heterocycles. The van der Waals surface area contributed by atoms with E-state index in [-0.39, 0.29) is 43.7 Å². The third kappa shape index (κ3) is 6.39. The van der Waals surface area contributed by atoms with Crippen LogP contribution in [0.4, 0.5) is 14.9 Å². The van der Waals surface area contributed by atoms with Crippen LogP contribution in [-0.2, 0) is 36.9 Å². The first kappa shape index (κ1) is 30.6. The number of methoxy groups -OCH3 is 1. The molecule has 0 unspecified atom stereocenters. The van der Waals surface area contributed by atoms with Crippen LogP contribution in [0, 0.1) is 11.7 Å². The Bertz CT molecular complexity index is 1480. The van der Waals surface area contributed by atoms with Crippen LogP contribution in [0.25, 0.3) is 0 Å². The number of hydrogen-bond acceptors (Lipinski definition) is 7. The first-order valence-electron chi connectivity index (χ1n) is 15.7. The molecule has 11 heteroatoms. The second-order valence-electron chi connectivity index (χ2n) is 12.4. The van der Waals surface area contributed by atoms with Gasteiger partial charge < -0.3 is 25.0 Å². The summed E-state index contributed by atoms with van der Waals surface area (Å²) in [4.78, 5) is 57.2. The van der Waals surface area contributed by atoms with Crippen molar-refractivity contribution in [2.45, 2.75) is 81.8 Å². The van der Waals surface area contributed by atoms with Gasteiger partial charge in [-0.1, -0.05) is 55.3 Å². The molecule has 10 nitrogen and oxygen atoms in total. The Hall–Kier alpha value is -4.41. The maximum Gasteiger partial charge on any atom is 0.410 e. The van der Waals surface area contributed by atoms with Crippen molar-refractivity contribution in [3.8, 4) is 0 Å². The molecule has 0 aromatic heterocycles. The average molecular weight is 619 g/mol. The summed E-state index contributed by atoms with van der Waals surface area (Å²) in [7, 11) is 1.29. The number of fused-ring (bicyclic) bond motifs is 3. The molecular formula is C34H39FN4O6. The summed E-state index contributed by atoms with van der Waals surface area (Å²) in [5, 5.41) is 6.28. The Kier molecular flexibility index (Phi) is 8.78. The lowest BCUT2D eigenvalue weighted by Gasteiger charge is -2.30. The molecule has 3 amide bonds. The number of anilines is 1. The van der Waals surface area contributed by atoms with Gasteiger partial charge in [-0.05, 0) is 49.4 Å². The van der Waals surface area contributed by atoms with Crippen molar-refractivity contribution in [3.05, 3.63) is 77.6 Å². The molecule has 2 fully saturated rings. The van der Waals surface area contributed by atoms with E-state index >= 15 is 0 Å². The molecule has 238 valence electrons. The number of para-hydroxylation sites is 1. The van der Waals surface area contributed by atoms with E-state index in [9.17, 15) is 23.6 Å². The number of hydrogen-bond donors (Lipinski definition) is 2. The number of allylic oxidation sites excluding steroid dienone is 1. The van der Waals surface area contributed by atoms with Crippen molar-refractivity contribution in [1.29, 1.82) is 0 Å². The predicted molar refractivity (Wildman–Crippen MR) is 163 cm³/mol. The van der Waals surface area contributed by atoms with Crippen molar-refractivity contribution in [1.82, 2.24) is 15.1 Å². The molecule has 1 saturated carbocycles. The lowest BCUT2D eigenvalue weighted by molar-refractivity contribution is -0.148.